The molecule has 1 N–H and O–H groups in total. The summed E-state index contributed by atoms with van der Waals surface area (Å²) in [5.41, 5.74) is 2.25. The van der Waals surface area contributed by atoms with Crippen LogP contribution < -0.4 is 0 Å². The molecule has 2 unspecified atom stereocenters. The van der Waals surface area contributed by atoms with Gasteiger partial charge in [0, 0.05) is 13.0 Å². The van der Waals surface area contributed by atoms with E-state index in [4.69, 9.17) is 4.74 Å². The van der Waals surface area contributed by atoms with E-state index in [1.165, 1.54) is 4.90 Å². The van der Waals surface area contributed by atoms with Gasteiger partial charge in [0.05, 0.1) is 13.2 Å². The highest BCUT2D eigenvalue weighted by Crippen LogP contribution is 2.26. The van der Waals surface area contributed by atoms with Gasteiger partial charge in [-0.2, -0.15) is 0 Å². The molecule has 0 radical (unpaired) electrons. The number of benzene rings is 2. The van der Waals surface area contributed by atoms with Crippen LogP contribution in [0.25, 0.3) is 0 Å². The molecule has 0 saturated carbocycles. The average Bonchev–Trinajstić information content (AvgIpc) is 2.69. The Morgan fingerprint density at radius 2 is 1.73 bits per heavy atom. The Morgan fingerprint density at radius 1 is 1.08 bits per heavy atom. The van der Waals surface area contributed by atoms with E-state index in [0.717, 1.165) is 17.5 Å². The molecule has 0 aromatic heterocycles. The number of carboxylic acids is 1. The van der Waals surface area contributed by atoms with Gasteiger partial charge in [0.15, 0.2) is 6.04 Å². The van der Waals surface area contributed by atoms with Gasteiger partial charge in [-0.3, -0.25) is 4.79 Å². The first-order chi connectivity index (χ1) is 12.6. The molecule has 3 rings (SSSR count). The highest BCUT2D eigenvalue weighted by molar-refractivity contribution is 5.84. The van der Waals surface area contributed by atoms with Crippen LogP contribution in [0.15, 0.2) is 60.7 Å². The van der Waals surface area contributed by atoms with Crippen molar-refractivity contribution in [2.24, 2.45) is 0 Å². The normalized spacial score (nSPS) is 18.3. The van der Waals surface area contributed by atoms with Crippen LogP contribution in [0.1, 0.15) is 23.5 Å². The Kier molecular flexibility index (Phi) is 6.02. The van der Waals surface area contributed by atoms with E-state index in [9.17, 15) is 14.7 Å². The maximum Gasteiger partial charge on any atom is 0.328 e. The van der Waals surface area contributed by atoms with Crippen LogP contribution in [-0.2, 0) is 20.7 Å². The van der Waals surface area contributed by atoms with Crippen LogP contribution in [-0.4, -0.2) is 47.7 Å². The van der Waals surface area contributed by atoms with Crippen molar-refractivity contribution in [1.29, 1.82) is 0 Å². The number of hydrogen-bond acceptors (Lipinski definition) is 3. The van der Waals surface area contributed by atoms with E-state index in [-0.39, 0.29) is 24.9 Å². The van der Waals surface area contributed by atoms with E-state index in [2.05, 4.69) is 12.1 Å². The lowest BCUT2D eigenvalue weighted by molar-refractivity contribution is -0.158. The zero-order chi connectivity index (χ0) is 18.4. The first-order valence-corrected chi connectivity index (χ1v) is 8.84. The third kappa shape index (κ3) is 4.49. The second-order valence-electron chi connectivity index (χ2n) is 6.52. The third-order valence-corrected chi connectivity index (χ3v) is 4.75. The predicted molar refractivity (Wildman–Crippen MR) is 97.9 cm³/mol. The van der Waals surface area contributed by atoms with Gasteiger partial charge in [-0.25, -0.2) is 4.79 Å². The largest absolute Gasteiger partial charge is 0.480 e. The minimum atomic E-state index is -1.02. The summed E-state index contributed by atoms with van der Waals surface area (Å²) in [6.07, 6.45) is 1.02. The average molecular weight is 353 g/mol. The van der Waals surface area contributed by atoms with Gasteiger partial charge in [0.1, 0.15) is 0 Å². The smallest absolute Gasteiger partial charge is 0.328 e. The summed E-state index contributed by atoms with van der Waals surface area (Å²) < 4.78 is 5.23. The van der Waals surface area contributed by atoms with Crippen molar-refractivity contribution in [3.05, 3.63) is 71.8 Å². The van der Waals surface area contributed by atoms with E-state index in [1.807, 2.05) is 48.5 Å². The molecular formula is C21H23NO4. The van der Waals surface area contributed by atoms with Crippen molar-refractivity contribution in [3.63, 3.8) is 0 Å². The summed E-state index contributed by atoms with van der Waals surface area (Å²) in [4.78, 5) is 25.8. The number of carboxylic acid groups (broad SMARTS) is 1. The number of carbonyl (C=O) groups excluding carboxylic acids is 1. The summed E-state index contributed by atoms with van der Waals surface area (Å²) in [5.74, 6) is -1.15. The number of carbonyl (C=O) groups is 2. The monoisotopic (exact) mass is 353 g/mol. The Morgan fingerprint density at radius 3 is 2.38 bits per heavy atom. The zero-order valence-electron chi connectivity index (χ0n) is 14.6. The maximum absolute atomic E-state index is 12.9. The van der Waals surface area contributed by atoms with Crippen LogP contribution >= 0.6 is 0 Å². The van der Waals surface area contributed by atoms with Crippen LogP contribution in [0, 0.1) is 0 Å². The molecule has 1 saturated heterocycles. The van der Waals surface area contributed by atoms with Gasteiger partial charge >= 0.3 is 5.97 Å². The number of amides is 1. The SMILES string of the molecule is O=C(O)C1COCCN1C(=O)CC(Cc1ccccc1)c1ccccc1. The highest BCUT2D eigenvalue weighted by Gasteiger charge is 2.33. The van der Waals surface area contributed by atoms with Gasteiger partial charge in [-0.1, -0.05) is 60.7 Å². The van der Waals surface area contributed by atoms with Crippen LogP contribution in [0.3, 0.4) is 0 Å². The van der Waals surface area contributed by atoms with Crippen molar-refractivity contribution in [2.45, 2.75) is 24.8 Å². The Bertz CT molecular complexity index is 732. The molecule has 1 fully saturated rings. The van der Waals surface area contributed by atoms with Crippen LogP contribution in [0.2, 0.25) is 0 Å². The highest BCUT2D eigenvalue weighted by atomic mass is 16.5. The summed E-state index contributed by atoms with van der Waals surface area (Å²) in [6.45, 7) is 0.753. The first-order valence-electron chi connectivity index (χ1n) is 8.84. The van der Waals surface area contributed by atoms with Crippen LogP contribution in [0.4, 0.5) is 0 Å². The molecule has 136 valence electrons. The Balaban J connectivity index is 1.78. The second kappa shape index (κ2) is 8.63. The quantitative estimate of drug-likeness (QED) is 0.867. The molecule has 0 spiro atoms. The molecule has 1 amide bonds. The first kappa shape index (κ1) is 18.1. The lowest BCUT2D eigenvalue weighted by Crippen LogP contribution is -2.52. The molecule has 5 nitrogen and oxygen atoms in total. The number of rotatable bonds is 6. The fourth-order valence-electron chi connectivity index (χ4n) is 3.37. The molecule has 2 atom stereocenters. The molecular weight excluding hydrogens is 330 g/mol. The van der Waals surface area contributed by atoms with E-state index in [0.29, 0.717) is 13.2 Å². The van der Waals surface area contributed by atoms with Gasteiger partial charge in [0.2, 0.25) is 5.91 Å². The van der Waals surface area contributed by atoms with Gasteiger partial charge in [-0.15, -0.1) is 0 Å². The minimum absolute atomic E-state index is 0.00314. The van der Waals surface area contributed by atoms with Crippen LogP contribution in [0.5, 0.6) is 0 Å². The summed E-state index contributed by atoms with van der Waals surface area (Å²) >= 11 is 0. The Hall–Kier alpha value is -2.66. The molecule has 2 aromatic carbocycles. The molecule has 5 heteroatoms. The topological polar surface area (TPSA) is 66.8 Å². The minimum Gasteiger partial charge on any atom is -0.480 e. The van der Waals surface area contributed by atoms with Gasteiger partial charge < -0.3 is 14.7 Å². The number of morpholine rings is 1. The molecule has 1 aliphatic rings. The summed E-state index contributed by atoms with van der Waals surface area (Å²) in [7, 11) is 0. The number of ether oxygens (including phenoxy) is 1. The van der Waals surface area contributed by atoms with E-state index >= 15 is 0 Å². The molecule has 1 heterocycles. The number of aliphatic carboxylic acids is 1. The van der Waals surface area contributed by atoms with Crippen molar-refractivity contribution in [2.75, 3.05) is 19.8 Å². The summed E-state index contributed by atoms with van der Waals surface area (Å²) in [6, 6.07) is 19.1. The zero-order valence-corrected chi connectivity index (χ0v) is 14.6. The van der Waals surface area contributed by atoms with Gasteiger partial charge in [0.25, 0.3) is 0 Å². The summed E-state index contributed by atoms with van der Waals surface area (Å²) in [5, 5.41) is 9.37. The van der Waals surface area contributed by atoms with E-state index < -0.39 is 12.0 Å². The Labute approximate surface area is 153 Å². The molecule has 2 aromatic rings. The van der Waals surface area contributed by atoms with Gasteiger partial charge in [-0.05, 0) is 23.5 Å². The van der Waals surface area contributed by atoms with E-state index in [1.54, 1.807) is 0 Å². The molecule has 0 aliphatic carbocycles. The predicted octanol–water partition coefficient (Wildman–Crippen LogP) is 2.71. The third-order valence-electron chi connectivity index (χ3n) is 4.75. The molecule has 26 heavy (non-hydrogen) atoms. The lowest BCUT2D eigenvalue weighted by atomic mass is 9.88. The van der Waals surface area contributed by atoms with Crippen molar-refractivity contribution in [1.82, 2.24) is 4.90 Å². The fourth-order valence-corrected chi connectivity index (χ4v) is 3.37. The second-order valence-corrected chi connectivity index (χ2v) is 6.52. The number of hydrogen-bond donors (Lipinski definition) is 1. The maximum atomic E-state index is 12.9. The van der Waals surface area contributed by atoms with Crippen molar-refractivity contribution < 1.29 is 19.4 Å². The lowest BCUT2D eigenvalue weighted by Gasteiger charge is -2.34. The van der Waals surface area contributed by atoms with Crippen molar-refractivity contribution >= 4 is 11.9 Å². The number of nitrogens with zero attached hydrogens (tertiary/aromatic N) is 1. The van der Waals surface area contributed by atoms with Crippen molar-refractivity contribution in [3.8, 4) is 0 Å². The molecule has 1 aliphatic heterocycles. The standard InChI is InChI=1S/C21H23NO4/c23-20(22-11-12-26-15-19(22)21(24)25)14-18(17-9-5-2-6-10-17)13-16-7-3-1-4-8-16/h1-10,18-19H,11-15H2,(H,24,25). The molecule has 0 bridgehead atoms. The fraction of sp³-hybridized carbons (Fsp3) is 0.333.